The monoisotopic (exact) mass is 329 g/mol. The number of carbonyl (C=O) groups is 1. The second kappa shape index (κ2) is 7.29. The third kappa shape index (κ3) is 4.84. The number of amides is 1. The summed E-state index contributed by atoms with van der Waals surface area (Å²) in [5, 5.41) is 0. The van der Waals surface area contributed by atoms with Crippen molar-refractivity contribution < 1.29 is 4.79 Å². The van der Waals surface area contributed by atoms with E-state index in [1.165, 1.54) is 11.1 Å². The Morgan fingerprint density at radius 3 is 1.96 bits per heavy atom. The molecule has 1 aliphatic rings. The van der Waals surface area contributed by atoms with Crippen LogP contribution < -0.4 is 0 Å². The Hall–Kier alpha value is -1.31. The molecular weight excluding hydrogens is 294 g/mol. The minimum atomic E-state index is 0.183. The van der Waals surface area contributed by atoms with Gasteiger partial charge in [-0.1, -0.05) is 72.7 Å². The Kier molecular flexibility index (Phi) is 5.78. The van der Waals surface area contributed by atoms with E-state index in [1.807, 2.05) is 0 Å². The van der Waals surface area contributed by atoms with Crippen molar-refractivity contribution in [3.8, 4) is 0 Å². The fourth-order valence-electron chi connectivity index (χ4n) is 3.44. The van der Waals surface area contributed by atoms with Crippen molar-refractivity contribution in [1.29, 1.82) is 0 Å². The molecule has 1 fully saturated rings. The lowest BCUT2D eigenvalue weighted by molar-refractivity contribution is -0.133. The molecule has 0 saturated heterocycles. The molecule has 1 aromatic carbocycles. The number of benzene rings is 1. The predicted molar refractivity (Wildman–Crippen MR) is 102 cm³/mol. The summed E-state index contributed by atoms with van der Waals surface area (Å²) in [6.45, 7) is 17.2. The fourth-order valence-corrected chi connectivity index (χ4v) is 3.44. The first kappa shape index (κ1) is 19.0. The third-order valence-corrected chi connectivity index (χ3v) is 4.80. The Bertz CT molecular complexity index is 540. The molecule has 0 bridgehead atoms. The highest BCUT2D eigenvalue weighted by atomic mass is 16.2. The molecule has 0 spiro atoms. The van der Waals surface area contributed by atoms with Gasteiger partial charge < -0.3 is 4.90 Å². The standard InChI is InChI=1S/C22H35NO/c1-15(2)13-23(14-16(3)4)21(24)20-12-19(20)17-8-10-18(11-9-17)22(5,6)7/h8-11,15-16,19-20H,12-14H2,1-7H3/t19-,20-/m1/s1. The number of carbonyl (C=O) groups excluding carboxylic acids is 1. The maximum atomic E-state index is 12.9. The van der Waals surface area contributed by atoms with E-state index >= 15 is 0 Å². The maximum absolute atomic E-state index is 12.9. The molecule has 0 aliphatic heterocycles. The van der Waals surface area contributed by atoms with Crippen LogP contribution in [0, 0.1) is 17.8 Å². The molecule has 1 aliphatic carbocycles. The molecule has 0 N–H and O–H groups in total. The molecule has 0 aromatic heterocycles. The summed E-state index contributed by atoms with van der Waals surface area (Å²) in [5.74, 6) is 2.03. The Morgan fingerprint density at radius 1 is 1.04 bits per heavy atom. The van der Waals surface area contributed by atoms with Gasteiger partial charge >= 0.3 is 0 Å². The number of hydrogen-bond acceptors (Lipinski definition) is 1. The molecular formula is C22H35NO. The topological polar surface area (TPSA) is 20.3 Å². The van der Waals surface area contributed by atoms with Gasteiger partial charge in [0.1, 0.15) is 0 Å². The molecule has 1 saturated carbocycles. The van der Waals surface area contributed by atoms with E-state index in [-0.39, 0.29) is 11.3 Å². The van der Waals surface area contributed by atoms with Crippen molar-refractivity contribution in [2.24, 2.45) is 17.8 Å². The molecule has 24 heavy (non-hydrogen) atoms. The van der Waals surface area contributed by atoms with E-state index in [0.29, 0.717) is 23.7 Å². The first-order valence-corrected chi connectivity index (χ1v) is 9.48. The van der Waals surface area contributed by atoms with Gasteiger partial charge in [-0.2, -0.15) is 0 Å². The van der Waals surface area contributed by atoms with Crippen molar-refractivity contribution in [2.75, 3.05) is 13.1 Å². The van der Waals surface area contributed by atoms with E-state index in [1.54, 1.807) is 0 Å². The van der Waals surface area contributed by atoms with Crippen LogP contribution in [0.2, 0.25) is 0 Å². The lowest BCUT2D eigenvalue weighted by Crippen LogP contribution is -2.38. The third-order valence-electron chi connectivity index (χ3n) is 4.80. The Balaban J connectivity index is 2.03. The molecule has 0 heterocycles. The molecule has 1 aromatic rings. The van der Waals surface area contributed by atoms with Crippen LogP contribution in [0.3, 0.4) is 0 Å². The SMILES string of the molecule is CC(C)CN(CC(C)C)C(=O)[C@@H]1C[C@@H]1c1ccc(C(C)(C)C)cc1. The lowest BCUT2D eigenvalue weighted by Gasteiger charge is -2.26. The minimum absolute atomic E-state index is 0.183. The van der Waals surface area contributed by atoms with E-state index in [4.69, 9.17) is 0 Å². The predicted octanol–water partition coefficient (Wildman–Crippen LogP) is 5.23. The quantitative estimate of drug-likeness (QED) is 0.700. The van der Waals surface area contributed by atoms with Gasteiger partial charge in [0, 0.05) is 19.0 Å². The van der Waals surface area contributed by atoms with E-state index in [0.717, 1.165) is 19.5 Å². The summed E-state index contributed by atoms with van der Waals surface area (Å²) < 4.78 is 0. The van der Waals surface area contributed by atoms with Crippen LogP contribution in [0.1, 0.15) is 71.9 Å². The van der Waals surface area contributed by atoms with Gasteiger partial charge in [0.15, 0.2) is 0 Å². The summed E-state index contributed by atoms with van der Waals surface area (Å²) >= 11 is 0. The van der Waals surface area contributed by atoms with Gasteiger partial charge in [0.2, 0.25) is 5.91 Å². The van der Waals surface area contributed by atoms with Crippen molar-refractivity contribution >= 4 is 5.91 Å². The fraction of sp³-hybridized carbons (Fsp3) is 0.682. The Morgan fingerprint density at radius 2 is 1.54 bits per heavy atom. The van der Waals surface area contributed by atoms with Crippen LogP contribution in [0.15, 0.2) is 24.3 Å². The molecule has 0 radical (unpaired) electrons. The molecule has 2 heteroatoms. The van der Waals surface area contributed by atoms with Crippen LogP contribution in [0.5, 0.6) is 0 Å². The van der Waals surface area contributed by atoms with Crippen LogP contribution in [-0.4, -0.2) is 23.9 Å². The van der Waals surface area contributed by atoms with Gasteiger partial charge in [-0.05, 0) is 40.7 Å². The first-order chi connectivity index (χ1) is 11.1. The first-order valence-electron chi connectivity index (χ1n) is 9.48. The van der Waals surface area contributed by atoms with Crippen LogP contribution >= 0.6 is 0 Å². The molecule has 134 valence electrons. The second-order valence-corrected chi connectivity index (χ2v) is 9.35. The zero-order valence-corrected chi connectivity index (χ0v) is 16.6. The number of rotatable bonds is 6. The largest absolute Gasteiger partial charge is 0.342 e. The maximum Gasteiger partial charge on any atom is 0.226 e. The number of nitrogens with zero attached hydrogens (tertiary/aromatic N) is 1. The van der Waals surface area contributed by atoms with Gasteiger partial charge in [0.05, 0.1) is 0 Å². The smallest absolute Gasteiger partial charge is 0.226 e. The number of hydrogen-bond donors (Lipinski definition) is 0. The van der Waals surface area contributed by atoms with Gasteiger partial charge in [0.25, 0.3) is 0 Å². The van der Waals surface area contributed by atoms with Gasteiger partial charge in [-0.15, -0.1) is 0 Å². The van der Waals surface area contributed by atoms with E-state index in [2.05, 4.69) is 77.6 Å². The highest BCUT2D eigenvalue weighted by molar-refractivity contribution is 5.83. The molecule has 2 nitrogen and oxygen atoms in total. The highest BCUT2D eigenvalue weighted by Crippen LogP contribution is 2.48. The molecule has 1 amide bonds. The van der Waals surface area contributed by atoms with Crippen LogP contribution in [0.25, 0.3) is 0 Å². The average molecular weight is 330 g/mol. The normalized spacial score (nSPS) is 20.5. The van der Waals surface area contributed by atoms with Crippen molar-refractivity contribution in [3.63, 3.8) is 0 Å². The highest BCUT2D eigenvalue weighted by Gasteiger charge is 2.45. The van der Waals surface area contributed by atoms with Crippen molar-refractivity contribution in [2.45, 2.75) is 66.2 Å². The molecule has 2 atom stereocenters. The summed E-state index contributed by atoms with van der Waals surface area (Å²) in [6.07, 6.45) is 1.01. The van der Waals surface area contributed by atoms with E-state index < -0.39 is 0 Å². The second-order valence-electron chi connectivity index (χ2n) is 9.35. The minimum Gasteiger partial charge on any atom is -0.342 e. The van der Waals surface area contributed by atoms with Gasteiger partial charge in [-0.25, -0.2) is 0 Å². The van der Waals surface area contributed by atoms with Crippen LogP contribution in [0.4, 0.5) is 0 Å². The summed E-state index contributed by atoms with van der Waals surface area (Å²) in [7, 11) is 0. The summed E-state index contributed by atoms with van der Waals surface area (Å²) in [5.41, 5.74) is 2.87. The zero-order valence-electron chi connectivity index (χ0n) is 16.6. The van der Waals surface area contributed by atoms with Crippen LogP contribution in [-0.2, 0) is 10.2 Å². The Labute approximate surface area is 148 Å². The van der Waals surface area contributed by atoms with Crippen molar-refractivity contribution in [3.05, 3.63) is 35.4 Å². The summed E-state index contributed by atoms with van der Waals surface area (Å²) in [6, 6.07) is 8.92. The molecule has 2 rings (SSSR count). The van der Waals surface area contributed by atoms with Gasteiger partial charge in [-0.3, -0.25) is 4.79 Å². The molecule has 0 unspecified atom stereocenters. The van der Waals surface area contributed by atoms with Crippen molar-refractivity contribution in [1.82, 2.24) is 4.90 Å². The summed E-state index contributed by atoms with van der Waals surface area (Å²) in [4.78, 5) is 15.0. The average Bonchev–Trinajstić information content (AvgIpc) is 3.24. The zero-order chi connectivity index (χ0) is 18.1. The lowest BCUT2D eigenvalue weighted by atomic mass is 9.86. The van der Waals surface area contributed by atoms with E-state index in [9.17, 15) is 4.79 Å².